The molecule has 2 heterocycles. The molecule has 0 aliphatic rings. The van der Waals surface area contributed by atoms with Gasteiger partial charge in [-0.05, 0) is 6.42 Å². The summed E-state index contributed by atoms with van der Waals surface area (Å²) in [5.41, 5.74) is 0.839. The van der Waals surface area contributed by atoms with Gasteiger partial charge in [-0.3, -0.25) is 5.10 Å². The predicted molar refractivity (Wildman–Crippen MR) is 51.4 cm³/mol. The summed E-state index contributed by atoms with van der Waals surface area (Å²) >= 11 is 0. The van der Waals surface area contributed by atoms with Crippen molar-refractivity contribution in [3.05, 3.63) is 24.5 Å². The van der Waals surface area contributed by atoms with Gasteiger partial charge < -0.3 is 0 Å². The molecule has 0 radical (unpaired) electrons. The van der Waals surface area contributed by atoms with Crippen LogP contribution in [-0.2, 0) is 6.42 Å². The molecule has 0 unspecified atom stereocenters. The summed E-state index contributed by atoms with van der Waals surface area (Å²) in [5.74, 6) is 1.57. The molecule has 0 saturated carbocycles. The Morgan fingerprint density at radius 3 is 2.79 bits per heavy atom. The van der Waals surface area contributed by atoms with E-state index in [2.05, 4.69) is 32.1 Å². The molecule has 2 aromatic heterocycles. The first kappa shape index (κ1) is 8.80. The van der Waals surface area contributed by atoms with Gasteiger partial charge in [-0.15, -0.1) is 0 Å². The van der Waals surface area contributed by atoms with Crippen LogP contribution in [0.4, 0.5) is 0 Å². The molecule has 0 amide bonds. The van der Waals surface area contributed by atoms with Crippen LogP contribution < -0.4 is 0 Å². The summed E-state index contributed by atoms with van der Waals surface area (Å²) in [7, 11) is 0. The Morgan fingerprint density at radius 2 is 2.07 bits per heavy atom. The summed E-state index contributed by atoms with van der Waals surface area (Å²) in [6.45, 7) is 2.10. The van der Waals surface area contributed by atoms with Gasteiger partial charge in [-0.25, -0.2) is 15.0 Å². The van der Waals surface area contributed by atoms with Crippen LogP contribution in [0, 0.1) is 0 Å². The first-order valence-electron chi connectivity index (χ1n) is 4.57. The van der Waals surface area contributed by atoms with Crippen molar-refractivity contribution in [2.75, 3.05) is 0 Å². The number of rotatable bonds is 3. The maximum absolute atomic E-state index is 4.32. The maximum atomic E-state index is 4.32. The zero-order valence-electron chi connectivity index (χ0n) is 7.94. The van der Waals surface area contributed by atoms with Crippen LogP contribution in [0.3, 0.4) is 0 Å². The van der Waals surface area contributed by atoms with Gasteiger partial charge in [0, 0.05) is 18.8 Å². The predicted octanol–water partition coefficient (Wildman–Crippen LogP) is 1.21. The number of aryl methyl sites for hydroxylation is 1. The molecule has 2 rings (SSSR count). The van der Waals surface area contributed by atoms with Crippen molar-refractivity contribution >= 4 is 0 Å². The fraction of sp³-hybridized carbons (Fsp3) is 0.333. The van der Waals surface area contributed by atoms with Crippen molar-refractivity contribution in [3.8, 4) is 11.4 Å². The molecule has 5 heteroatoms. The number of aromatic amines is 1. The second-order valence-electron chi connectivity index (χ2n) is 2.98. The number of nitrogens with zero attached hydrogens (tertiary/aromatic N) is 4. The van der Waals surface area contributed by atoms with E-state index in [0.717, 1.165) is 24.2 Å². The third-order valence-electron chi connectivity index (χ3n) is 1.84. The van der Waals surface area contributed by atoms with Crippen molar-refractivity contribution < 1.29 is 0 Å². The number of nitrogens with one attached hydrogen (secondary N) is 1. The smallest absolute Gasteiger partial charge is 0.184 e. The van der Waals surface area contributed by atoms with E-state index < -0.39 is 0 Å². The lowest BCUT2D eigenvalue weighted by molar-refractivity contribution is 0.841. The molecule has 0 bridgehead atoms. The molecule has 0 atom stereocenters. The van der Waals surface area contributed by atoms with Crippen molar-refractivity contribution in [1.29, 1.82) is 0 Å². The Kier molecular flexibility index (Phi) is 2.48. The summed E-state index contributed by atoms with van der Waals surface area (Å²) in [6.07, 6.45) is 6.86. The molecule has 5 nitrogen and oxygen atoms in total. The van der Waals surface area contributed by atoms with Crippen molar-refractivity contribution in [2.45, 2.75) is 19.8 Å². The van der Waals surface area contributed by atoms with E-state index >= 15 is 0 Å². The quantitative estimate of drug-likeness (QED) is 0.788. The van der Waals surface area contributed by atoms with Gasteiger partial charge in [0.1, 0.15) is 12.2 Å². The van der Waals surface area contributed by atoms with Crippen LogP contribution in [0.15, 0.2) is 18.7 Å². The number of H-pyrrole nitrogens is 1. The zero-order valence-corrected chi connectivity index (χ0v) is 7.94. The Hall–Kier alpha value is -1.78. The van der Waals surface area contributed by atoms with Gasteiger partial charge in [0.25, 0.3) is 0 Å². The summed E-state index contributed by atoms with van der Waals surface area (Å²) in [6, 6.07) is 0. The van der Waals surface area contributed by atoms with Crippen LogP contribution in [0.2, 0.25) is 0 Å². The zero-order chi connectivity index (χ0) is 9.80. The van der Waals surface area contributed by atoms with E-state index in [0.29, 0.717) is 5.82 Å². The molecule has 0 aliphatic heterocycles. The summed E-state index contributed by atoms with van der Waals surface area (Å²) in [5, 5.41) is 6.98. The fourth-order valence-corrected chi connectivity index (χ4v) is 1.19. The minimum absolute atomic E-state index is 0.661. The minimum Gasteiger partial charge on any atom is -0.263 e. The van der Waals surface area contributed by atoms with E-state index in [1.54, 1.807) is 12.4 Å². The Labute approximate surface area is 81.6 Å². The number of hydrogen-bond acceptors (Lipinski definition) is 4. The highest BCUT2D eigenvalue weighted by Gasteiger charge is 2.04. The first-order chi connectivity index (χ1) is 6.90. The van der Waals surface area contributed by atoms with Gasteiger partial charge in [-0.2, -0.15) is 5.10 Å². The molecule has 0 aliphatic carbocycles. The van der Waals surface area contributed by atoms with Crippen molar-refractivity contribution in [3.63, 3.8) is 0 Å². The van der Waals surface area contributed by atoms with E-state index in [1.807, 2.05) is 0 Å². The lowest BCUT2D eigenvalue weighted by Gasteiger charge is -1.90. The van der Waals surface area contributed by atoms with Crippen LogP contribution in [0.25, 0.3) is 11.4 Å². The third-order valence-corrected chi connectivity index (χ3v) is 1.84. The highest BCUT2D eigenvalue weighted by molar-refractivity contribution is 5.50. The van der Waals surface area contributed by atoms with Crippen LogP contribution >= 0.6 is 0 Å². The van der Waals surface area contributed by atoms with Crippen LogP contribution in [0.1, 0.15) is 19.2 Å². The minimum atomic E-state index is 0.661. The number of hydrogen-bond donors (Lipinski definition) is 1. The molecule has 0 aromatic carbocycles. The van der Waals surface area contributed by atoms with E-state index in [-0.39, 0.29) is 0 Å². The van der Waals surface area contributed by atoms with Crippen LogP contribution in [-0.4, -0.2) is 25.1 Å². The average molecular weight is 189 g/mol. The molecule has 1 N–H and O–H groups in total. The molecular formula is C9H11N5. The van der Waals surface area contributed by atoms with Crippen LogP contribution in [0.5, 0.6) is 0 Å². The third kappa shape index (κ3) is 1.76. The second-order valence-corrected chi connectivity index (χ2v) is 2.98. The van der Waals surface area contributed by atoms with E-state index in [9.17, 15) is 0 Å². The molecular weight excluding hydrogens is 178 g/mol. The molecule has 0 fully saturated rings. The first-order valence-corrected chi connectivity index (χ1v) is 4.57. The summed E-state index contributed by atoms with van der Waals surface area (Å²) < 4.78 is 0. The van der Waals surface area contributed by atoms with E-state index in [1.165, 1.54) is 6.33 Å². The molecule has 0 spiro atoms. The van der Waals surface area contributed by atoms with E-state index in [4.69, 9.17) is 0 Å². The van der Waals surface area contributed by atoms with Crippen molar-refractivity contribution in [2.24, 2.45) is 0 Å². The largest absolute Gasteiger partial charge is 0.263 e. The van der Waals surface area contributed by atoms with Gasteiger partial charge >= 0.3 is 0 Å². The lowest BCUT2D eigenvalue weighted by atomic mass is 10.3. The highest BCUT2D eigenvalue weighted by Crippen LogP contribution is 2.11. The van der Waals surface area contributed by atoms with Gasteiger partial charge in [0.15, 0.2) is 5.82 Å². The normalized spacial score (nSPS) is 10.4. The monoisotopic (exact) mass is 189 g/mol. The van der Waals surface area contributed by atoms with Gasteiger partial charge in [0.2, 0.25) is 0 Å². The maximum Gasteiger partial charge on any atom is 0.184 e. The van der Waals surface area contributed by atoms with Gasteiger partial charge in [0.05, 0.1) is 5.56 Å². The lowest BCUT2D eigenvalue weighted by Crippen LogP contribution is -1.86. The Bertz CT molecular complexity index is 395. The molecule has 2 aromatic rings. The van der Waals surface area contributed by atoms with Gasteiger partial charge in [-0.1, -0.05) is 6.92 Å². The Morgan fingerprint density at radius 1 is 1.29 bits per heavy atom. The topological polar surface area (TPSA) is 67.3 Å². The Balaban J connectivity index is 2.25. The molecule has 0 saturated heterocycles. The fourth-order valence-electron chi connectivity index (χ4n) is 1.19. The second kappa shape index (κ2) is 3.95. The standard InChI is InChI=1S/C9H11N5/c1-2-3-8-12-9(14-13-8)7-4-10-6-11-5-7/h4-6H,2-3H2,1H3,(H,12,13,14). The SMILES string of the molecule is CCCc1nc(-c2cncnc2)n[nH]1. The molecule has 72 valence electrons. The number of aromatic nitrogens is 5. The molecule has 14 heavy (non-hydrogen) atoms. The summed E-state index contributed by atoms with van der Waals surface area (Å²) in [4.78, 5) is 12.1. The van der Waals surface area contributed by atoms with Crippen molar-refractivity contribution in [1.82, 2.24) is 25.1 Å². The average Bonchev–Trinajstić information content (AvgIpc) is 2.68. The highest BCUT2D eigenvalue weighted by atomic mass is 15.2.